The number of hydrogen-bond acceptors (Lipinski definition) is 7. The van der Waals surface area contributed by atoms with E-state index in [2.05, 4.69) is 51.8 Å². The highest BCUT2D eigenvalue weighted by molar-refractivity contribution is 5.85. The molecule has 0 bridgehead atoms. The Morgan fingerprint density at radius 3 is 2.43 bits per heavy atom. The van der Waals surface area contributed by atoms with Crippen molar-refractivity contribution in [3.63, 3.8) is 0 Å². The minimum Gasteiger partial charge on any atom is -0.495 e. The average molecular weight is 455 g/mol. The van der Waals surface area contributed by atoms with E-state index in [1.807, 2.05) is 12.1 Å². The van der Waals surface area contributed by atoms with Gasteiger partial charge in [0.1, 0.15) is 11.6 Å². The van der Waals surface area contributed by atoms with Gasteiger partial charge in [-0.3, -0.25) is 0 Å². The normalized spacial score (nSPS) is 22.4. The fourth-order valence-corrected chi connectivity index (χ4v) is 4.40. The molecule has 30 heavy (non-hydrogen) atoms. The van der Waals surface area contributed by atoms with E-state index in [4.69, 9.17) is 16.2 Å². The average Bonchev–Trinajstić information content (AvgIpc) is 2.64. The van der Waals surface area contributed by atoms with Crippen LogP contribution in [0.5, 0.6) is 5.75 Å². The molecule has 1 aromatic heterocycles. The largest absolute Gasteiger partial charge is 0.495 e. The maximum Gasteiger partial charge on any atom is 0.222 e. The van der Waals surface area contributed by atoms with Crippen molar-refractivity contribution in [1.29, 1.82) is 0 Å². The highest BCUT2D eigenvalue weighted by atomic mass is 35.5. The van der Waals surface area contributed by atoms with Crippen LogP contribution in [0.2, 0.25) is 0 Å². The van der Waals surface area contributed by atoms with E-state index in [-0.39, 0.29) is 36.4 Å². The van der Waals surface area contributed by atoms with Gasteiger partial charge in [0, 0.05) is 37.7 Å². The van der Waals surface area contributed by atoms with Crippen LogP contribution in [0.25, 0.3) is 0 Å². The lowest BCUT2D eigenvalue weighted by atomic mass is 9.78. The van der Waals surface area contributed by atoms with Crippen molar-refractivity contribution in [2.75, 3.05) is 42.3 Å². The van der Waals surface area contributed by atoms with Crippen LogP contribution in [-0.4, -0.2) is 48.3 Å². The number of nitrogens with two attached hydrogens (primary N) is 2. The molecule has 0 amide bonds. The summed E-state index contributed by atoms with van der Waals surface area (Å²) < 4.78 is 5.59. The summed E-state index contributed by atoms with van der Waals surface area (Å²) in [6, 6.07) is 10.6. The molecule has 2 aliphatic rings. The summed E-state index contributed by atoms with van der Waals surface area (Å²) in [6.45, 7) is 7.08. The molecule has 7 nitrogen and oxygen atoms in total. The minimum absolute atomic E-state index is 0. The molecule has 0 unspecified atom stereocenters. The number of rotatable bonds is 4. The number of nitrogen functional groups attached to an aromatic ring is 1. The highest BCUT2D eigenvalue weighted by Crippen LogP contribution is 2.38. The lowest BCUT2D eigenvalue weighted by Gasteiger charge is -2.49. The van der Waals surface area contributed by atoms with Crippen molar-refractivity contribution in [2.24, 2.45) is 5.73 Å². The van der Waals surface area contributed by atoms with Crippen LogP contribution in [0.15, 0.2) is 30.3 Å². The first-order valence-electron chi connectivity index (χ1n) is 9.93. The predicted molar refractivity (Wildman–Crippen MR) is 128 cm³/mol. The third-order valence-electron chi connectivity index (χ3n) is 5.94. The topological polar surface area (TPSA) is 93.5 Å². The van der Waals surface area contributed by atoms with E-state index in [1.165, 1.54) is 0 Å². The first-order valence-corrected chi connectivity index (χ1v) is 9.93. The zero-order valence-electron chi connectivity index (χ0n) is 17.7. The number of anilines is 3. The summed E-state index contributed by atoms with van der Waals surface area (Å²) in [6.07, 6.45) is 1.95. The second kappa shape index (κ2) is 9.45. The van der Waals surface area contributed by atoms with Gasteiger partial charge in [-0.2, -0.15) is 4.98 Å². The van der Waals surface area contributed by atoms with Crippen LogP contribution < -0.4 is 26.0 Å². The molecule has 1 aliphatic heterocycles. The van der Waals surface area contributed by atoms with Crippen LogP contribution in [0.1, 0.15) is 38.3 Å². The molecule has 4 N–H and O–H groups in total. The van der Waals surface area contributed by atoms with Crippen molar-refractivity contribution < 1.29 is 4.74 Å². The third kappa shape index (κ3) is 4.68. The fourth-order valence-electron chi connectivity index (χ4n) is 4.40. The van der Waals surface area contributed by atoms with Gasteiger partial charge < -0.3 is 26.0 Å². The molecule has 1 aromatic carbocycles. The molecule has 0 atom stereocenters. The number of piperazine rings is 1. The number of ether oxygens (including phenoxy) is 1. The van der Waals surface area contributed by atoms with Gasteiger partial charge >= 0.3 is 0 Å². The Morgan fingerprint density at radius 1 is 1.10 bits per heavy atom. The van der Waals surface area contributed by atoms with Gasteiger partial charge in [-0.05, 0) is 38.8 Å². The van der Waals surface area contributed by atoms with Gasteiger partial charge in [0.15, 0.2) is 0 Å². The molecule has 4 rings (SSSR count). The predicted octanol–water partition coefficient (Wildman–Crippen LogP) is 3.22. The standard InChI is InChI=1S/C21H30N6O.2ClH/c1-21(2)13-26(8-9-27(21)17-6-4-5-7-18(17)28-3)19-12-16(24-20(23)25-19)14-10-15(22)11-14;;/h4-7,12,14-15H,8-11,13,22H2,1-3H3,(H2,23,24,25);2*1H. The van der Waals surface area contributed by atoms with Gasteiger partial charge in [0.25, 0.3) is 0 Å². The summed E-state index contributed by atoms with van der Waals surface area (Å²) in [7, 11) is 1.72. The summed E-state index contributed by atoms with van der Waals surface area (Å²) >= 11 is 0. The van der Waals surface area contributed by atoms with E-state index in [1.54, 1.807) is 7.11 Å². The Hall–Kier alpha value is -1.96. The molecular weight excluding hydrogens is 423 g/mol. The van der Waals surface area contributed by atoms with E-state index in [0.717, 1.165) is 55.4 Å². The fraction of sp³-hybridized carbons (Fsp3) is 0.524. The molecule has 2 aromatic rings. The minimum atomic E-state index is -0.0917. The number of hydrogen-bond donors (Lipinski definition) is 2. The Bertz CT molecular complexity index is 859. The third-order valence-corrected chi connectivity index (χ3v) is 5.94. The molecule has 1 aliphatic carbocycles. The lowest BCUT2D eigenvalue weighted by Crippen LogP contribution is -2.60. The maximum atomic E-state index is 6.03. The van der Waals surface area contributed by atoms with Gasteiger partial charge in [0.2, 0.25) is 5.95 Å². The van der Waals surface area contributed by atoms with Crippen molar-refractivity contribution in [3.05, 3.63) is 36.0 Å². The SMILES string of the molecule is COc1ccccc1N1CCN(c2cc(C3CC(N)C3)nc(N)n2)CC1(C)C.Cl.Cl. The number of nitrogens with zero attached hydrogens (tertiary/aromatic N) is 4. The van der Waals surface area contributed by atoms with E-state index in [0.29, 0.717) is 11.9 Å². The van der Waals surface area contributed by atoms with Crippen LogP contribution in [0.3, 0.4) is 0 Å². The van der Waals surface area contributed by atoms with E-state index in [9.17, 15) is 0 Å². The quantitative estimate of drug-likeness (QED) is 0.731. The first kappa shape index (κ1) is 24.3. The molecule has 2 heterocycles. The number of halogens is 2. The Kier molecular flexibility index (Phi) is 7.66. The summed E-state index contributed by atoms with van der Waals surface area (Å²) in [5.74, 6) is 2.56. The molecule has 9 heteroatoms. The van der Waals surface area contributed by atoms with E-state index < -0.39 is 0 Å². The summed E-state index contributed by atoms with van der Waals surface area (Å²) in [5, 5.41) is 0. The van der Waals surface area contributed by atoms with Crippen LogP contribution in [0.4, 0.5) is 17.5 Å². The van der Waals surface area contributed by atoms with E-state index >= 15 is 0 Å². The van der Waals surface area contributed by atoms with Gasteiger partial charge in [-0.25, -0.2) is 4.98 Å². The number of methoxy groups -OCH3 is 1. The van der Waals surface area contributed by atoms with Crippen molar-refractivity contribution >= 4 is 42.3 Å². The summed E-state index contributed by atoms with van der Waals surface area (Å²) in [5.41, 5.74) is 14.0. The Morgan fingerprint density at radius 2 is 1.80 bits per heavy atom. The number of aromatic nitrogens is 2. The molecule has 0 radical (unpaired) electrons. The summed E-state index contributed by atoms with van der Waals surface area (Å²) in [4.78, 5) is 13.7. The Balaban J connectivity index is 0.00000160. The molecular formula is C21H32Cl2N6O. The van der Waals surface area contributed by atoms with Crippen molar-refractivity contribution in [1.82, 2.24) is 9.97 Å². The zero-order chi connectivity index (χ0) is 19.9. The molecule has 1 saturated heterocycles. The number of para-hydroxylation sites is 2. The second-order valence-electron chi connectivity index (χ2n) is 8.50. The highest BCUT2D eigenvalue weighted by Gasteiger charge is 2.36. The first-order chi connectivity index (χ1) is 13.4. The molecule has 166 valence electrons. The van der Waals surface area contributed by atoms with Crippen LogP contribution in [-0.2, 0) is 0 Å². The Labute approximate surface area is 191 Å². The monoisotopic (exact) mass is 454 g/mol. The molecule has 2 fully saturated rings. The molecule has 0 spiro atoms. The van der Waals surface area contributed by atoms with Crippen molar-refractivity contribution in [3.8, 4) is 5.75 Å². The van der Waals surface area contributed by atoms with Crippen LogP contribution in [0, 0.1) is 0 Å². The lowest BCUT2D eigenvalue weighted by molar-refractivity contribution is 0.345. The van der Waals surface area contributed by atoms with Crippen LogP contribution >= 0.6 is 24.8 Å². The smallest absolute Gasteiger partial charge is 0.222 e. The van der Waals surface area contributed by atoms with Gasteiger partial charge in [-0.1, -0.05) is 12.1 Å². The molecule has 1 saturated carbocycles. The number of benzene rings is 1. The van der Waals surface area contributed by atoms with Gasteiger partial charge in [-0.15, -0.1) is 24.8 Å². The second-order valence-corrected chi connectivity index (χ2v) is 8.50. The zero-order valence-corrected chi connectivity index (χ0v) is 19.4. The van der Waals surface area contributed by atoms with Crippen molar-refractivity contribution in [2.45, 2.75) is 44.2 Å². The van der Waals surface area contributed by atoms with Gasteiger partial charge in [0.05, 0.1) is 24.0 Å². The maximum absolute atomic E-state index is 6.03.